The van der Waals surface area contributed by atoms with Crippen LogP contribution in [-0.4, -0.2) is 5.11 Å². The minimum Gasteiger partial charge on any atom is -0.456 e. The van der Waals surface area contributed by atoms with Gasteiger partial charge in [-0.15, -0.1) is 0 Å². The Morgan fingerprint density at radius 1 is 1.16 bits per heavy atom. The first kappa shape index (κ1) is 14.0. The van der Waals surface area contributed by atoms with Crippen molar-refractivity contribution in [1.29, 1.82) is 0 Å². The molecule has 0 aliphatic heterocycles. The Labute approximate surface area is 117 Å². The average molecular weight is 329 g/mol. The van der Waals surface area contributed by atoms with Gasteiger partial charge >= 0.3 is 0 Å². The third-order valence-electron chi connectivity index (χ3n) is 2.54. The second-order valence-electron chi connectivity index (χ2n) is 4.00. The van der Waals surface area contributed by atoms with E-state index in [4.69, 9.17) is 4.74 Å². The van der Waals surface area contributed by atoms with Crippen LogP contribution in [0.15, 0.2) is 40.9 Å². The van der Waals surface area contributed by atoms with Crippen LogP contribution in [0.4, 0.5) is 8.78 Å². The molecule has 0 aromatic heterocycles. The molecule has 19 heavy (non-hydrogen) atoms. The molecule has 1 atom stereocenters. The molecule has 100 valence electrons. The molecule has 5 heteroatoms. The average Bonchev–Trinajstić information content (AvgIpc) is 2.33. The van der Waals surface area contributed by atoms with Gasteiger partial charge in [0.05, 0.1) is 16.1 Å². The van der Waals surface area contributed by atoms with Crippen LogP contribution in [0.2, 0.25) is 0 Å². The van der Waals surface area contributed by atoms with E-state index in [-0.39, 0.29) is 17.1 Å². The number of hydrogen-bond acceptors (Lipinski definition) is 2. The first-order valence-corrected chi connectivity index (χ1v) is 6.37. The summed E-state index contributed by atoms with van der Waals surface area (Å²) in [6, 6.07) is 8.16. The number of halogens is 3. The lowest BCUT2D eigenvalue weighted by molar-refractivity contribution is 0.190. The van der Waals surface area contributed by atoms with E-state index in [1.165, 1.54) is 43.3 Å². The second kappa shape index (κ2) is 5.67. The maximum absolute atomic E-state index is 13.7. The SMILES string of the molecule is CC(O)c1c(F)cccc1Oc1cc(F)ccc1Br. The maximum atomic E-state index is 13.7. The highest BCUT2D eigenvalue weighted by atomic mass is 79.9. The summed E-state index contributed by atoms with van der Waals surface area (Å²) in [6.07, 6.45) is -1.02. The third-order valence-corrected chi connectivity index (χ3v) is 3.20. The molecule has 0 aliphatic carbocycles. The van der Waals surface area contributed by atoms with E-state index in [0.29, 0.717) is 4.47 Å². The first-order chi connectivity index (χ1) is 8.99. The van der Waals surface area contributed by atoms with Crippen molar-refractivity contribution >= 4 is 15.9 Å². The zero-order valence-corrected chi connectivity index (χ0v) is 11.6. The largest absolute Gasteiger partial charge is 0.456 e. The zero-order valence-electron chi connectivity index (χ0n) is 10.0. The summed E-state index contributed by atoms with van der Waals surface area (Å²) in [5, 5.41) is 9.58. The van der Waals surface area contributed by atoms with Gasteiger partial charge in [0, 0.05) is 6.07 Å². The van der Waals surface area contributed by atoms with E-state index in [9.17, 15) is 13.9 Å². The highest BCUT2D eigenvalue weighted by molar-refractivity contribution is 9.10. The van der Waals surface area contributed by atoms with Crippen LogP contribution >= 0.6 is 15.9 Å². The Morgan fingerprint density at radius 2 is 1.89 bits per heavy atom. The molecule has 0 saturated heterocycles. The molecule has 1 N–H and O–H groups in total. The Bertz CT molecular complexity index is 600. The second-order valence-corrected chi connectivity index (χ2v) is 4.86. The molecule has 0 amide bonds. The van der Waals surface area contributed by atoms with Gasteiger partial charge in [-0.25, -0.2) is 8.78 Å². The molecule has 2 nitrogen and oxygen atoms in total. The molecule has 0 bridgehead atoms. The smallest absolute Gasteiger partial charge is 0.144 e. The summed E-state index contributed by atoms with van der Waals surface area (Å²) in [6.45, 7) is 1.44. The highest BCUT2D eigenvalue weighted by Crippen LogP contribution is 2.35. The molecule has 0 radical (unpaired) electrons. The molecule has 0 saturated carbocycles. The molecule has 2 aromatic carbocycles. The molecular weight excluding hydrogens is 318 g/mol. The van der Waals surface area contributed by atoms with Gasteiger partial charge in [-0.2, -0.15) is 0 Å². The quantitative estimate of drug-likeness (QED) is 0.894. The van der Waals surface area contributed by atoms with Crippen molar-refractivity contribution in [1.82, 2.24) is 0 Å². The van der Waals surface area contributed by atoms with Crippen molar-refractivity contribution in [2.75, 3.05) is 0 Å². The van der Waals surface area contributed by atoms with Crippen molar-refractivity contribution in [3.63, 3.8) is 0 Å². The summed E-state index contributed by atoms with van der Waals surface area (Å²) < 4.78 is 32.8. The first-order valence-electron chi connectivity index (χ1n) is 5.58. The summed E-state index contributed by atoms with van der Waals surface area (Å²) in [7, 11) is 0. The minimum absolute atomic E-state index is 0.0404. The fourth-order valence-corrected chi connectivity index (χ4v) is 2.01. The topological polar surface area (TPSA) is 29.5 Å². The number of aliphatic hydroxyl groups excluding tert-OH is 1. The van der Waals surface area contributed by atoms with E-state index in [1.807, 2.05) is 0 Å². The maximum Gasteiger partial charge on any atom is 0.144 e. The monoisotopic (exact) mass is 328 g/mol. The van der Waals surface area contributed by atoms with Crippen molar-refractivity contribution < 1.29 is 18.6 Å². The van der Waals surface area contributed by atoms with Crippen LogP contribution in [0.1, 0.15) is 18.6 Å². The molecule has 0 heterocycles. The molecule has 0 aliphatic rings. The predicted molar refractivity (Wildman–Crippen MR) is 71.2 cm³/mol. The predicted octanol–water partition coefficient (Wildman–Crippen LogP) is 4.57. The van der Waals surface area contributed by atoms with Gasteiger partial charge in [-0.3, -0.25) is 0 Å². The fraction of sp³-hybridized carbons (Fsp3) is 0.143. The van der Waals surface area contributed by atoms with Crippen LogP contribution in [-0.2, 0) is 0 Å². The molecule has 2 aromatic rings. The van der Waals surface area contributed by atoms with Gasteiger partial charge in [-0.05, 0) is 47.1 Å². The minimum atomic E-state index is -1.02. The molecule has 1 unspecified atom stereocenters. The number of ether oxygens (including phenoxy) is 1. The van der Waals surface area contributed by atoms with Crippen molar-refractivity contribution in [2.45, 2.75) is 13.0 Å². The van der Waals surface area contributed by atoms with Gasteiger partial charge in [0.2, 0.25) is 0 Å². The fourth-order valence-electron chi connectivity index (χ4n) is 1.69. The van der Waals surface area contributed by atoms with Crippen LogP contribution in [0.3, 0.4) is 0 Å². The van der Waals surface area contributed by atoms with Crippen LogP contribution < -0.4 is 4.74 Å². The number of hydrogen-bond donors (Lipinski definition) is 1. The normalized spacial score (nSPS) is 12.3. The summed E-state index contributed by atoms with van der Waals surface area (Å²) in [5.74, 6) is -0.665. The van der Waals surface area contributed by atoms with Gasteiger partial charge < -0.3 is 9.84 Å². The Kier molecular flexibility index (Phi) is 4.17. The lowest BCUT2D eigenvalue weighted by atomic mass is 10.1. The van der Waals surface area contributed by atoms with Crippen molar-refractivity contribution in [3.8, 4) is 11.5 Å². The highest BCUT2D eigenvalue weighted by Gasteiger charge is 2.16. The lowest BCUT2D eigenvalue weighted by Gasteiger charge is -2.14. The summed E-state index contributed by atoms with van der Waals surface area (Å²) >= 11 is 3.22. The van der Waals surface area contributed by atoms with E-state index < -0.39 is 17.7 Å². The molecule has 2 rings (SSSR count). The standard InChI is InChI=1S/C14H11BrF2O2/c1-8(18)14-11(17)3-2-4-12(14)19-13-7-9(16)5-6-10(13)15/h2-8,18H,1H3. The van der Waals surface area contributed by atoms with E-state index in [0.717, 1.165) is 0 Å². The Hall–Kier alpha value is -1.46. The van der Waals surface area contributed by atoms with Gasteiger partial charge in [0.25, 0.3) is 0 Å². The Balaban J connectivity index is 2.44. The third kappa shape index (κ3) is 3.11. The number of rotatable bonds is 3. The lowest BCUT2D eigenvalue weighted by Crippen LogP contribution is -2.00. The number of aliphatic hydroxyl groups is 1. The number of benzene rings is 2. The van der Waals surface area contributed by atoms with Gasteiger partial charge in [0.1, 0.15) is 23.1 Å². The van der Waals surface area contributed by atoms with Crippen molar-refractivity contribution in [3.05, 3.63) is 58.1 Å². The van der Waals surface area contributed by atoms with Crippen LogP contribution in [0.5, 0.6) is 11.5 Å². The van der Waals surface area contributed by atoms with E-state index >= 15 is 0 Å². The van der Waals surface area contributed by atoms with E-state index in [2.05, 4.69) is 15.9 Å². The summed E-state index contributed by atoms with van der Waals surface area (Å²) in [5.41, 5.74) is 0.0404. The molecule has 0 fully saturated rings. The van der Waals surface area contributed by atoms with Crippen LogP contribution in [0, 0.1) is 11.6 Å². The van der Waals surface area contributed by atoms with Crippen LogP contribution in [0.25, 0.3) is 0 Å². The molecule has 0 spiro atoms. The van der Waals surface area contributed by atoms with Gasteiger partial charge in [-0.1, -0.05) is 6.07 Å². The van der Waals surface area contributed by atoms with Gasteiger partial charge in [0.15, 0.2) is 0 Å². The molecular formula is C14H11BrF2O2. The van der Waals surface area contributed by atoms with E-state index in [1.54, 1.807) is 0 Å². The van der Waals surface area contributed by atoms with Crippen molar-refractivity contribution in [2.24, 2.45) is 0 Å². The summed E-state index contributed by atoms with van der Waals surface area (Å²) in [4.78, 5) is 0. The Morgan fingerprint density at radius 3 is 2.58 bits per heavy atom. The zero-order chi connectivity index (χ0) is 14.0.